The summed E-state index contributed by atoms with van der Waals surface area (Å²) in [5.41, 5.74) is 3.13. The molecule has 0 aliphatic carbocycles. The number of amides is 2. The highest BCUT2D eigenvalue weighted by atomic mass is 32.2. The van der Waals surface area contributed by atoms with Gasteiger partial charge in [0.25, 0.3) is 11.1 Å². The fraction of sp³-hybridized carbons (Fsp3) is 0.227. The van der Waals surface area contributed by atoms with Gasteiger partial charge in [0.15, 0.2) is 6.10 Å². The number of aryl methyl sites for hydroxylation is 2. The molecule has 0 spiro atoms. The number of carbonyl (C=O) groups excluding carboxylic acids is 2. The molecule has 1 aliphatic heterocycles. The molecule has 2 amide bonds. The van der Waals surface area contributed by atoms with E-state index in [2.05, 4.69) is 0 Å². The van der Waals surface area contributed by atoms with Gasteiger partial charge in [-0.15, -0.1) is 0 Å². The summed E-state index contributed by atoms with van der Waals surface area (Å²) < 4.78 is 5.50. The summed E-state index contributed by atoms with van der Waals surface area (Å²) >= 11 is 0.877. The second kappa shape index (κ2) is 8.53. The van der Waals surface area contributed by atoms with E-state index in [0.29, 0.717) is 28.3 Å². The topological polar surface area (TPSA) is 83.9 Å². The molecule has 1 N–H and O–H groups in total. The molecule has 0 radical (unpaired) electrons. The van der Waals surface area contributed by atoms with Crippen molar-refractivity contribution in [2.75, 3.05) is 4.90 Å². The fourth-order valence-electron chi connectivity index (χ4n) is 3.03. The molecule has 1 fully saturated rings. The standard InChI is InChI=1S/C22H21NO5S/c1-4-18(21(25)26)28-16-7-5-6-15(11-16)12-19-20(24)23(22(27)29-19)17-9-8-13(2)10-14(17)3/h5-12,18H,4H2,1-3H3,(H,25,26)/b19-12+. The Labute approximate surface area is 173 Å². The van der Waals surface area contributed by atoms with Crippen LogP contribution in [0.2, 0.25) is 0 Å². The first-order valence-electron chi connectivity index (χ1n) is 9.15. The van der Waals surface area contributed by atoms with Gasteiger partial charge in [0.2, 0.25) is 0 Å². The van der Waals surface area contributed by atoms with Crippen molar-refractivity contribution in [1.29, 1.82) is 0 Å². The van der Waals surface area contributed by atoms with E-state index in [1.165, 1.54) is 4.90 Å². The Morgan fingerprint density at radius 2 is 1.97 bits per heavy atom. The van der Waals surface area contributed by atoms with E-state index < -0.39 is 12.1 Å². The quantitative estimate of drug-likeness (QED) is 0.688. The minimum absolute atomic E-state index is 0.303. The first-order valence-corrected chi connectivity index (χ1v) is 9.96. The van der Waals surface area contributed by atoms with Gasteiger partial charge in [0, 0.05) is 0 Å². The number of rotatable bonds is 6. The molecule has 6 nitrogen and oxygen atoms in total. The molecule has 150 valence electrons. The lowest BCUT2D eigenvalue weighted by atomic mass is 10.1. The van der Waals surface area contributed by atoms with Crippen LogP contribution < -0.4 is 9.64 Å². The van der Waals surface area contributed by atoms with Crippen molar-refractivity contribution in [3.8, 4) is 5.75 Å². The van der Waals surface area contributed by atoms with E-state index in [9.17, 15) is 14.4 Å². The third kappa shape index (κ3) is 4.51. The Hall–Kier alpha value is -3.06. The Balaban J connectivity index is 1.86. The molecule has 1 saturated heterocycles. The average molecular weight is 411 g/mol. The number of anilines is 1. The number of nitrogens with zero attached hydrogens (tertiary/aromatic N) is 1. The highest BCUT2D eigenvalue weighted by Gasteiger charge is 2.37. The molecular weight excluding hydrogens is 390 g/mol. The number of hydrogen-bond donors (Lipinski definition) is 1. The summed E-state index contributed by atoms with van der Waals surface area (Å²) in [4.78, 5) is 38.0. The predicted molar refractivity (Wildman–Crippen MR) is 113 cm³/mol. The Bertz CT molecular complexity index is 1010. The Kier molecular flexibility index (Phi) is 6.08. The molecule has 1 aliphatic rings. The summed E-state index contributed by atoms with van der Waals surface area (Å²) in [6.07, 6.45) is 0.999. The van der Waals surface area contributed by atoms with E-state index >= 15 is 0 Å². The second-order valence-corrected chi connectivity index (χ2v) is 7.73. The van der Waals surface area contributed by atoms with Gasteiger partial charge >= 0.3 is 5.97 Å². The van der Waals surface area contributed by atoms with Gasteiger partial charge < -0.3 is 9.84 Å². The van der Waals surface area contributed by atoms with Gasteiger partial charge in [-0.1, -0.05) is 36.8 Å². The summed E-state index contributed by atoms with van der Waals surface area (Å²) in [6, 6.07) is 12.3. The number of ether oxygens (including phenoxy) is 1. The van der Waals surface area contributed by atoms with Crippen molar-refractivity contribution in [2.45, 2.75) is 33.3 Å². The molecule has 2 aromatic carbocycles. The van der Waals surface area contributed by atoms with E-state index in [4.69, 9.17) is 9.84 Å². The van der Waals surface area contributed by atoms with E-state index in [1.807, 2.05) is 26.0 Å². The minimum Gasteiger partial charge on any atom is -0.479 e. The van der Waals surface area contributed by atoms with Gasteiger partial charge in [0.05, 0.1) is 10.6 Å². The van der Waals surface area contributed by atoms with Crippen molar-refractivity contribution < 1.29 is 24.2 Å². The molecule has 7 heteroatoms. The Morgan fingerprint density at radius 1 is 1.21 bits per heavy atom. The SMILES string of the molecule is CCC(Oc1cccc(/C=C2/SC(=O)N(c3ccc(C)cc3C)C2=O)c1)C(=O)O. The third-order valence-electron chi connectivity index (χ3n) is 4.47. The first kappa shape index (κ1) is 20.7. The number of carbonyl (C=O) groups is 3. The van der Waals surface area contributed by atoms with Crippen LogP contribution in [0.1, 0.15) is 30.0 Å². The molecule has 1 unspecified atom stereocenters. The molecule has 2 aromatic rings. The minimum atomic E-state index is -1.03. The van der Waals surface area contributed by atoms with Crippen LogP contribution in [0.3, 0.4) is 0 Å². The molecule has 1 heterocycles. The van der Waals surface area contributed by atoms with Crippen molar-refractivity contribution in [3.63, 3.8) is 0 Å². The number of benzene rings is 2. The summed E-state index contributed by atoms with van der Waals surface area (Å²) in [5, 5.41) is 8.80. The van der Waals surface area contributed by atoms with Crippen LogP contribution in [0, 0.1) is 13.8 Å². The predicted octanol–water partition coefficient (Wildman–Crippen LogP) is 4.79. The second-order valence-electron chi connectivity index (χ2n) is 6.73. The molecule has 0 bridgehead atoms. The van der Waals surface area contributed by atoms with Gasteiger partial charge in [0.1, 0.15) is 5.75 Å². The van der Waals surface area contributed by atoms with Crippen molar-refractivity contribution >= 4 is 40.6 Å². The third-order valence-corrected chi connectivity index (χ3v) is 5.34. The highest BCUT2D eigenvalue weighted by molar-refractivity contribution is 8.19. The fourth-order valence-corrected chi connectivity index (χ4v) is 3.87. The van der Waals surface area contributed by atoms with Gasteiger partial charge in [-0.3, -0.25) is 9.59 Å². The smallest absolute Gasteiger partial charge is 0.344 e. The lowest BCUT2D eigenvalue weighted by Gasteiger charge is -2.15. The maximum Gasteiger partial charge on any atom is 0.344 e. The van der Waals surface area contributed by atoms with E-state index in [0.717, 1.165) is 22.9 Å². The summed E-state index contributed by atoms with van der Waals surface area (Å²) in [6.45, 7) is 5.54. The van der Waals surface area contributed by atoms with Crippen LogP contribution in [-0.2, 0) is 9.59 Å². The van der Waals surface area contributed by atoms with Crippen LogP contribution in [0.5, 0.6) is 5.75 Å². The zero-order chi connectivity index (χ0) is 21.1. The summed E-state index contributed by atoms with van der Waals surface area (Å²) in [7, 11) is 0. The van der Waals surface area contributed by atoms with Crippen molar-refractivity contribution in [3.05, 3.63) is 64.1 Å². The van der Waals surface area contributed by atoms with Crippen LogP contribution in [0.4, 0.5) is 10.5 Å². The van der Waals surface area contributed by atoms with Crippen molar-refractivity contribution in [1.82, 2.24) is 0 Å². The first-order chi connectivity index (χ1) is 13.8. The number of imide groups is 1. The van der Waals surface area contributed by atoms with Gasteiger partial charge in [-0.05, 0) is 67.4 Å². The Morgan fingerprint density at radius 3 is 2.62 bits per heavy atom. The number of hydrogen-bond acceptors (Lipinski definition) is 5. The molecule has 1 atom stereocenters. The van der Waals surface area contributed by atoms with Crippen LogP contribution in [-0.4, -0.2) is 28.3 Å². The molecule has 0 aromatic heterocycles. The van der Waals surface area contributed by atoms with E-state index in [-0.39, 0.29) is 11.1 Å². The molecule has 29 heavy (non-hydrogen) atoms. The average Bonchev–Trinajstić information content (AvgIpc) is 2.93. The van der Waals surface area contributed by atoms with Crippen LogP contribution in [0.15, 0.2) is 47.4 Å². The lowest BCUT2D eigenvalue weighted by molar-refractivity contribution is -0.145. The maximum absolute atomic E-state index is 12.9. The van der Waals surface area contributed by atoms with Crippen LogP contribution >= 0.6 is 11.8 Å². The molecule has 0 saturated carbocycles. The van der Waals surface area contributed by atoms with E-state index in [1.54, 1.807) is 43.3 Å². The number of carboxylic acid groups (broad SMARTS) is 1. The maximum atomic E-state index is 12.9. The van der Waals surface area contributed by atoms with Gasteiger partial charge in [-0.2, -0.15) is 0 Å². The number of thioether (sulfide) groups is 1. The molecular formula is C22H21NO5S. The molecule has 3 rings (SSSR count). The number of carboxylic acids is 1. The monoisotopic (exact) mass is 411 g/mol. The largest absolute Gasteiger partial charge is 0.479 e. The number of aliphatic carboxylic acids is 1. The van der Waals surface area contributed by atoms with Crippen LogP contribution in [0.25, 0.3) is 6.08 Å². The lowest BCUT2D eigenvalue weighted by Crippen LogP contribution is -2.28. The summed E-state index contributed by atoms with van der Waals surface area (Å²) in [5.74, 6) is -1.02. The highest BCUT2D eigenvalue weighted by Crippen LogP contribution is 2.37. The zero-order valence-corrected chi connectivity index (χ0v) is 17.2. The zero-order valence-electron chi connectivity index (χ0n) is 16.3. The van der Waals surface area contributed by atoms with Gasteiger partial charge in [-0.25, -0.2) is 9.69 Å². The van der Waals surface area contributed by atoms with Crippen molar-refractivity contribution in [2.24, 2.45) is 0 Å². The normalized spacial score (nSPS) is 16.4.